The van der Waals surface area contributed by atoms with Gasteiger partial charge in [0.05, 0.1) is 4.88 Å². The summed E-state index contributed by atoms with van der Waals surface area (Å²) < 4.78 is 0. The third-order valence-corrected chi connectivity index (χ3v) is 5.90. The van der Waals surface area contributed by atoms with Crippen molar-refractivity contribution in [2.75, 3.05) is 13.1 Å². The topological polar surface area (TPSA) is 54.5 Å². The van der Waals surface area contributed by atoms with Gasteiger partial charge in [0.1, 0.15) is 0 Å². The molecule has 1 aromatic carbocycles. The van der Waals surface area contributed by atoms with Gasteiger partial charge < -0.3 is 4.90 Å². The Morgan fingerprint density at radius 1 is 1.00 bits per heavy atom. The highest BCUT2D eigenvalue weighted by molar-refractivity contribution is 7.14. The van der Waals surface area contributed by atoms with Crippen molar-refractivity contribution < 1.29 is 14.4 Å². The van der Waals surface area contributed by atoms with Crippen LogP contribution in [0.1, 0.15) is 50.6 Å². The summed E-state index contributed by atoms with van der Waals surface area (Å²) in [7, 11) is 0. The van der Waals surface area contributed by atoms with E-state index in [1.54, 1.807) is 4.90 Å². The van der Waals surface area contributed by atoms with Gasteiger partial charge in [0, 0.05) is 42.3 Å². The molecule has 0 radical (unpaired) electrons. The highest BCUT2D eigenvalue weighted by Gasteiger charge is 2.28. The van der Waals surface area contributed by atoms with Gasteiger partial charge in [0.2, 0.25) is 5.91 Å². The second kappa shape index (κ2) is 8.41. The van der Waals surface area contributed by atoms with E-state index in [0.717, 1.165) is 15.3 Å². The Bertz CT molecular complexity index is 789. The molecule has 1 saturated heterocycles. The maximum absolute atomic E-state index is 12.5. The van der Waals surface area contributed by atoms with Crippen molar-refractivity contribution >= 4 is 28.8 Å². The summed E-state index contributed by atoms with van der Waals surface area (Å²) in [5, 5.41) is 0. The molecule has 0 unspecified atom stereocenters. The lowest BCUT2D eigenvalue weighted by atomic mass is 9.89. The van der Waals surface area contributed by atoms with Crippen molar-refractivity contribution in [3.05, 3.63) is 57.8 Å². The van der Waals surface area contributed by atoms with Crippen molar-refractivity contribution in [2.45, 2.75) is 32.6 Å². The number of carbonyl (C=O) groups excluding carboxylic acids is 3. The average Bonchev–Trinajstić information content (AvgIpc) is 3.12. The van der Waals surface area contributed by atoms with Gasteiger partial charge in [-0.25, -0.2) is 0 Å². The molecule has 2 aromatic rings. The minimum absolute atomic E-state index is 0.0113. The number of piperidine rings is 1. The molecule has 0 bridgehead atoms. The van der Waals surface area contributed by atoms with Crippen LogP contribution in [0.5, 0.6) is 0 Å². The summed E-state index contributed by atoms with van der Waals surface area (Å²) >= 11 is 1.47. The zero-order valence-corrected chi connectivity index (χ0v) is 15.8. The fourth-order valence-electron chi connectivity index (χ4n) is 3.32. The molecule has 26 heavy (non-hydrogen) atoms. The standard InChI is InChI=1S/C21H23NO3S/c1-15-7-9-19(26-15)18(23)8-10-20(24)22-13-11-17(12-14-22)21(25)16-5-3-2-4-6-16/h2-7,9,17H,8,10-14H2,1H3. The number of thiophene rings is 1. The molecular weight excluding hydrogens is 346 g/mol. The molecule has 1 aliphatic rings. The third-order valence-electron chi connectivity index (χ3n) is 4.86. The Balaban J connectivity index is 1.46. The molecule has 2 heterocycles. The van der Waals surface area contributed by atoms with Gasteiger partial charge >= 0.3 is 0 Å². The number of rotatable bonds is 6. The van der Waals surface area contributed by atoms with Gasteiger partial charge in [0.25, 0.3) is 0 Å². The predicted molar refractivity (Wildman–Crippen MR) is 103 cm³/mol. The summed E-state index contributed by atoms with van der Waals surface area (Å²) in [6.07, 6.45) is 1.88. The van der Waals surface area contributed by atoms with E-state index >= 15 is 0 Å². The van der Waals surface area contributed by atoms with Crippen molar-refractivity contribution in [3.8, 4) is 0 Å². The molecule has 1 aromatic heterocycles. The van der Waals surface area contributed by atoms with E-state index in [0.29, 0.717) is 25.9 Å². The lowest BCUT2D eigenvalue weighted by molar-refractivity contribution is -0.132. The van der Waals surface area contributed by atoms with Gasteiger partial charge in [-0.15, -0.1) is 11.3 Å². The first-order chi connectivity index (χ1) is 12.5. The monoisotopic (exact) mass is 369 g/mol. The molecule has 3 rings (SSSR count). The Hall–Kier alpha value is -2.27. The molecule has 4 nitrogen and oxygen atoms in total. The Kier molecular flexibility index (Phi) is 5.99. The maximum atomic E-state index is 12.5. The molecule has 5 heteroatoms. The molecule has 1 amide bonds. The number of ketones is 2. The molecular formula is C21H23NO3S. The van der Waals surface area contributed by atoms with Crippen molar-refractivity contribution in [2.24, 2.45) is 5.92 Å². The van der Waals surface area contributed by atoms with Gasteiger partial charge in [0.15, 0.2) is 11.6 Å². The van der Waals surface area contributed by atoms with Crippen LogP contribution in [-0.4, -0.2) is 35.5 Å². The van der Waals surface area contributed by atoms with Crippen molar-refractivity contribution in [1.29, 1.82) is 0 Å². The Morgan fingerprint density at radius 3 is 2.31 bits per heavy atom. The molecule has 0 atom stereocenters. The number of carbonyl (C=O) groups is 3. The highest BCUT2D eigenvalue weighted by atomic mass is 32.1. The van der Waals surface area contributed by atoms with E-state index in [1.165, 1.54) is 11.3 Å². The summed E-state index contributed by atoms with van der Waals surface area (Å²) in [6, 6.07) is 13.1. The fraction of sp³-hybridized carbons (Fsp3) is 0.381. The molecule has 1 fully saturated rings. The minimum atomic E-state index is -0.0165. The number of likely N-dealkylation sites (tertiary alicyclic amines) is 1. The summed E-state index contributed by atoms with van der Waals surface area (Å²) in [6.45, 7) is 3.15. The average molecular weight is 369 g/mol. The van der Waals surface area contributed by atoms with Crippen LogP contribution in [0.25, 0.3) is 0 Å². The number of benzene rings is 1. The normalized spacial score (nSPS) is 15.0. The van der Waals surface area contributed by atoms with E-state index in [2.05, 4.69) is 0 Å². The van der Waals surface area contributed by atoms with Gasteiger partial charge in [-0.3, -0.25) is 14.4 Å². The first-order valence-electron chi connectivity index (χ1n) is 9.01. The quantitative estimate of drug-likeness (QED) is 0.719. The smallest absolute Gasteiger partial charge is 0.223 e. The minimum Gasteiger partial charge on any atom is -0.343 e. The SMILES string of the molecule is Cc1ccc(C(=O)CCC(=O)N2CCC(C(=O)c3ccccc3)CC2)s1. The number of hydrogen-bond acceptors (Lipinski definition) is 4. The first kappa shape index (κ1) is 18.5. The third kappa shape index (κ3) is 4.47. The number of aryl methyl sites for hydroxylation is 1. The van der Waals surface area contributed by atoms with Gasteiger partial charge in [-0.2, -0.15) is 0 Å². The molecule has 1 aliphatic heterocycles. The zero-order chi connectivity index (χ0) is 18.5. The number of hydrogen-bond donors (Lipinski definition) is 0. The predicted octanol–water partition coefficient (Wildman–Crippen LogP) is 4.14. The van der Waals surface area contributed by atoms with Crippen LogP contribution in [0.4, 0.5) is 0 Å². The van der Waals surface area contributed by atoms with E-state index in [1.807, 2.05) is 49.4 Å². The largest absolute Gasteiger partial charge is 0.343 e. The summed E-state index contributed by atoms with van der Waals surface area (Å²) in [5.41, 5.74) is 0.745. The van der Waals surface area contributed by atoms with Crippen LogP contribution >= 0.6 is 11.3 Å². The van der Waals surface area contributed by atoms with Crippen molar-refractivity contribution in [3.63, 3.8) is 0 Å². The van der Waals surface area contributed by atoms with E-state index < -0.39 is 0 Å². The molecule has 0 N–H and O–H groups in total. The van der Waals surface area contributed by atoms with Crippen LogP contribution in [0.15, 0.2) is 42.5 Å². The molecule has 0 spiro atoms. The Morgan fingerprint density at radius 2 is 1.69 bits per heavy atom. The molecule has 0 saturated carbocycles. The van der Waals surface area contributed by atoms with Crippen LogP contribution < -0.4 is 0 Å². The second-order valence-corrected chi connectivity index (χ2v) is 8.01. The molecule has 136 valence electrons. The number of amides is 1. The maximum Gasteiger partial charge on any atom is 0.223 e. The lowest BCUT2D eigenvalue weighted by Crippen LogP contribution is -2.40. The second-order valence-electron chi connectivity index (χ2n) is 6.72. The first-order valence-corrected chi connectivity index (χ1v) is 9.83. The number of nitrogens with zero attached hydrogens (tertiary/aromatic N) is 1. The molecule has 0 aliphatic carbocycles. The van der Waals surface area contributed by atoms with Crippen LogP contribution in [0.3, 0.4) is 0 Å². The zero-order valence-electron chi connectivity index (χ0n) is 14.9. The van der Waals surface area contributed by atoms with Gasteiger partial charge in [-0.1, -0.05) is 30.3 Å². The van der Waals surface area contributed by atoms with E-state index in [4.69, 9.17) is 0 Å². The lowest BCUT2D eigenvalue weighted by Gasteiger charge is -2.31. The van der Waals surface area contributed by atoms with Crippen LogP contribution in [-0.2, 0) is 4.79 Å². The van der Waals surface area contributed by atoms with E-state index in [9.17, 15) is 14.4 Å². The van der Waals surface area contributed by atoms with Gasteiger partial charge in [-0.05, 0) is 31.9 Å². The Labute approximate surface area is 157 Å². The van der Waals surface area contributed by atoms with Crippen molar-refractivity contribution in [1.82, 2.24) is 4.90 Å². The summed E-state index contributed by atoms with van der Waals surface area (Å²) in [4.78, 5) is 40.6. The number of Topliss-reactive ketones (excluding diaryl/α,β-unsaturated/α-hetero) is 2. The van der Waals surface area contributed by atoms with Crippen LogP contribution in [0.2, 0.25) is 0 Å². The summed E-state index contributed by atoms with van der Waals surface area (Å²) in [5.74, 6) is 0.195. The highest BCUT2D eigenvalue weighted by Crippen LogP contribution is 2.23. The van der Waals surface area contributed by atoms with E-state index in [-0.39, 0.29) is 36.2 Å². The van der Waals surface area contributed by atoms with Crippen LogP contribution in [0, 0.1) is 12.8 Å². The fourth-order valence-corrected chi connectivity index (χ4v) is 4.15.